The van der Waals surface area contributed by atoms with E-state index in [0.29, 0.717) is 42.4 Å². The van der Waals surface area contributed by atoms with Gasteiger partial charge in [-0.3, -0.25) is 4.90 Å². The van der Waals surface area contributed by atoms with Gasteiger partial charge < -0.3 is 4.42 Å². The Balaban J connectivity index is 1.39. The van der Waals surface area contributed by atoms with E-state index in [0.717, 1.165) is 17.7 Å². The Morgan fingerprint density at radius 2 is 1.72 bits per heavy atom. The number of sulfonamides is 1. The second-order valence-electron chi connectivity index (χ2n) is 7.33. The minimum Gasteiger partial charge on any atom is -0.439 e. The molecule has 1 saturated heterocycles. The van der Waals surface area contributed by atoms with Gasteiger partial charge in [0.15, 0.2) is 5.76 Å². The highest BCUT2D eigenvalue weighted by Crippen LogP contribution is 2.31. The van der Waals surface area contributed by atoms with E-state index in [2.05, 4.69) is 4.98 Å². The Kier molecular flexibility index (Phi) is 6.30. The Hall–Kier alpha value is -2.40. The molecule has 2 heterocycles. The van der Waals surface area contributed by atoms with Crippen LogP contribution in [-0.2, 0) is 22.7 Å². The van der Waals surface area contributed by atoms with Crippen molar-refractivity contribution in [2.24, 2.45) is 0 Å². The van der Waals surface area contributed by atoms with Crippen molar-refractivity contribution in [1.29, 1.82) is 0 Å². The molecule has 0 spiro atoms. The Labute approximate surface area is 188 Å². The molecule has 3 aromatic rings. The van der Waals surface area contributed by atoms with Gasteiger partial charge in [0.2, 0.25) is 15.9 Å². The van der Waals surface area contributed by atoms with Crippen LogP contribution >= 0.6 is 11.6 Å². The van der Waals surface area contributed by atoms with Gasteiger partial charge in [0.05, 0.1) is 23.2 Å². The van der Waals surface area contributed by atoms with Gasteiger partial charge in [0, 0.05) is 36.8 Å². The predicted molar refractivity (Wildman–Crippen MR) is 112 cm³/mol. The zero-order chi connectivity index (χ0) is 22.9. The number of piperazine rings is 1. The van der Waals surface area contributed by atoms with Crippen LogP contribution in [0.5, 0.6) is 0 Å². The molecule has 0 amide bonds. The summed E-state index contributed by atoms with van der Waals surface area (Å²) < 4.78 is 71.5. The van der Waals surface area contributed by atoms with E-state index in [1.165, 1.54) is 10.4 Å². The SMILES string of the molecule is O=S(=O)(c1cccc(C(F)(F)F)c1)N1CCN(Cc2ncc(-c3ccc(Cl)cc3)o2)CC1. The van der Waals surface area contributed by atoms with Crippen molar-refractivity contribution >= 4 is 21.6 Å². The van der Waals surface area contributed by atoms with E-state index < -0.39 is 21.8 Å². The fourth-order valence-electron chi connectivity index (χ4n) is 3.43. The van der Waals surface area contributed by atoms with Gasteiger partial charge in [-0.25, -0.2) is 13.4 Å². The number of hydrogen-bond acceptors (Lipinski definition) is 5. The third kappa shape index (κ3) is 4.98. The lowest BCUT2D eigenvalue weighted by Crippen LogP contribution is -2.48. The van der Waals surface area contributed by atoms with Crippen molar-refractivity contribution in [1.82, 2.24) is 14.2 Å². The van der Waals surface area contributed by atoms with Crippen LogP contribution in [0.2, 0.25) is 5.02 Å². The lowest BCUT2D eigenvalue weighted by Gasteiger charge is -2.33. The molecule has 170 valence electrons. The molecule has 0 bridgehead atoms. The second kappa shape index (κ2) is 8.86. The summed E-state index contributed by atoms with van der Waals surface area (Å²) in [5, 5.41) is 0.617. The van der Waals surface area contributed by atoms with Crippen molar-refractivity contribution in [2.45, 2.75) is 17.6 Å². The summed E-state index contributed by atoms with van der Waals surface area (Å²) in [6.45, 7) is 1.51. The van der Waals surface area contributed by atoms with E-state index in [1.807, 2.05) is 17.0 Å². The summed E-state index contributed by atoms with van der Waals surface area (Å²) >= 11 is 5.89. The normalized spacial score (nSPS) is 16.4. The first-order valence-electron chi connectivity index (χ1n) is 9.73. The Morgan fingerprint density at radius 1 is 1.03 bits per heavy atom. The molecule has 0 aliphatic carbocycles. The van der Waals surface area contributed by atoms with Crippen molar-refractivity contribution < 1.29 is 26.0 Å². The highest BCUT2D eigenvalue weighted by atomic mass is 35.5. The van der Waals surface area contributed by atoms with Gasteiger partial charge >= 0.3 is 6.18 Å². The molecule has 0 radical (unpaired) electrons. The molecular formula is C21H19ClF3N3O3S. The van der Waals surface area contributed by atoms with Crippen LogP contribution in [0, 0.1) is 0 Å². The molecule has 0 saturated carbocycles. The molecule has 1 aliphatic heterocycles. The molecule has 1 fully saturated rings. The zero-order valence-corrected chi connectivity index (χ0v) is 18.3. The number of rotatable bonds is 5. The molecule has 4 rings (SSSR count). The molecule has 0 atom stereocenters. The van der Waals surface area contributed by atoms with Gasteiger partial charge in [-0.15, -0.1) is 0 Å². The minimum atomic E-state index is -4.61. The van der Waals surface area contributed by atoms with E-state index in [-0.39, 0.29) is 18.0 Å². The van der Waals surface area contributed by atoms with Crippen molar-refractivity contribution in [3.63, 3.8) is 0 Å². The zero-order valence-electron chi connectivity index (χ0n) is 16.7. The van der Waals surface area contributed by atoms with Gasteiger partial charge in [-0.1, -0.05) is 17.7 Å². The van der Waals surface area contributed by atoms with Crippen molar-refractivity contribution in [3.8, 4) is 11.3 Å². The molecule has 6 nitrogen and oxygen atoms in total. The Morgan fingerprint density at radius 3 is 2.38 bits per heavy atom. The third-order valence-corrected chi connectivity index (χ3v) is 7.32. The minimum absolute atomic E-state index is 0.156. The van der Waals surface area contributed by atoms with Crippen molar-refractivity contribution in [2.75, 3.05) is 26.2 Å². The average molecular weight is 486 g/mol. The average Bonchev–Trinajstić information content (AvgIpc) is 3.22. The summed E-state index contributed by atoms with van der Waals surface area (Å²) in [4.78, 5) is 5.90. The number of benzene rings is 2. The van der Waals surface area contributed by atoms with E-state index in [9.17, 15) is 21.6 Å². The number of hydrogen-bond donors (Lipinski definition) is 0. The molecule has 0 N–H and O–H groups in total. The third-order valence-electron chi connectivity index (χ3n) is 5.17. The summed E-state index contributed by atoms with van der Waals surface area (Å²) in [6.07, 6.45) is -2.99. The van der Waals surface area contributed by atoms with Gasteiger partial charge in [-0.05, 0) is 42.5 Å². The quantitative estimate of drug-likeness (QED) is 0.531. The first-order chi connectivity index (χ1) is 15.1. The molecule has 1 aliphatic rings. The fourth-order valence-corrected chi connectivity index (χ4v) is 5.03. The summed E-state index contributed by atoms with van der Waals surface area (Å²) in [6, 6.07) is 11.0. The molecule has 32 heavy (non-hydrogen) atoms. The maximum Gasteiger partial charge on any atom is 0.416 e. The smallest absolute Gasteiger partial charge is 0.416 e. The maximum atomic E-state index is 12.9. The van der Waals surface area contributed by atoms with Crippen LogP contribution in [0.1, 0.15) is 11.5 Å². The summed E-state index contributed by atoms with van der Waals surface area (Å²) in [7, 11) is -4.02. The molecule has 11 heteroatoms. The first kappa shape index (κ1) is 22.8. The lowest BCUT2D eigenvalue weighted by atomic mass is 10.2. The Bertz CT molecular complexity index is 1190. The highest BCUT2D eigenvalue weighted by molar-refractivity contribution is 7.89. The van der Waals surface area contributed by atoms with E-state index in [4.69, 9.17) is 16.0 Å². The van der Waals surface area contributed by atoms with Crippen molar-refractivity contribution in [3.05, 3.63) is 71.2 Å². The van der Waals surface area contributed by atoms with Crippen LogP contribution in [0.15, 0.2) is 64.0 Å². The molecule has 1 aromatic heterocycles. The molecule has 0 unspecified atom stereocenters. The van der Waals surface area contributed by atoms with Crippen LogP contribution < -0.4 is 0 Å². The number of aromatic nitrogens is 1. The van der Waals surface area contributed by atoms with Crippen LogP contribution in [0.25, 0.3) is 11.3 Å². The van der Waals surface area contributed by atoms with Gasteiger partial charge in [0.1, 0.15) is 0 Å². The summed E-state index contributed by atoms with van der Waals surface area (Å²) in [5.41, 5.74) is -0.150. The molecular weight excluding hydrogens is 467 g/mol. The number of nitrogens with zero attached hydrogens (tertiary/aromatic N) is 3. The summed E-state index contributed by atoms with van der Waals surface area (Å²) in [5.74, 6) is 1.09. The lowest BCUT2D eigenvalue weighted by molar-refractivity contribution is -0.137. The van der Waals surface area contributed by atoms with Gasteiger partial charge in [-0.2, -0.15) is 17.5 Å². The monoisotopic (exact) mass is 485 g/mol. The fraction of sp³-hybridized carbons (Fsp3) is 0.286. The van der Waals surface area contributed by atoms with Gasteiger partial charge in [0.25, 0.3) is 0 Å². The highest BCUT2D eigenvalue weighted by Gasteiger charge is 2.34. The largest absolute Gasteiger partial charge is 0.439 e. The number of oxazole rings is 1. The number of halogens is 4. The maximum absolute atomic E-state index is 12.9. The number of alkyl halides is 3. The van der Waals surface area contributed by atoms with Crippen LogP contribution in [-0.4, -0.2) is 48.8 Å². The van der Waals surface area contributed by atoms with Crippen LogP contribution in [0.4, 0.5) is 13.2 Å². The van der Waals surface area contributed by atoms with E-state index in [1.54, 1.807) is 18.3 Å². The molecule has 2 aromatic carbocycles. The standard InChI is InChI=1S/C21H19ClF3N3O3S/c22-17-6-4-15(5-7-17)19-13-26-20(31-19)14-27-8-10-28(11-9-27)32(29,30)18-3-1-2-16(12-18)21(23,24)25/h1-7,12-13H,8-11,14H2. The topological polar surface area (TPSA) is 66.7 Å². The first-order valence-corrected chi connectivity index (χ1v) is 11.6. The second-order valence-corrected chi connectivity index (χ2v) is 9.71. The van der Waals surface area contributed by atoms with Crippen LogP contribution in [0.3, 0.4) is 0 Å². The predicted octanol–water partition coefficient (Wildman–Crippen LogP) is 4.52. The van der Waals surface area contributed by atoms with E-state index >= 15 is 0 Å².